The van der Waals surface area contributed by atoms with E-state index in [0.717, 1.165) is 22.6 Å². The zero-order valence-electron chi connectivity index (χ0n) is 16.5. The van der Waals surface area contributed by atoms with Crippen LogP contribution in [0.1, 0.15) is 21.9 Å². The predicted molar refractivity (Wildman–Crippen MR) is 121 cm³/mol. The number of nitrogens with zero attached hydrogens (tertiary/aromatic N) is 2. The van der Waals surface area contributed by atoms with Crippen LogP contribution in [0, 0.1) is 0 Å². The summed E-state index contributed by atoms with van der Waals surface area (Å²) in [5.74, 6) is 0.00988. The summed E-state index contributed by atoms with van der Waals surface area (Å²) in [6.07, 6.45) is 3.72. The lowest BCUT2D eigenvalue weighted by Crippen LogP contribution is -2.27. The second kappa shape index (κ2) is 9.94. The van der Waals surface area contributed by atoms with Crippen LogP contribution in [0.5, 0.6) is 0 Å². The molecule has 0 saturated heterocycles. The Morgan fingerprint density at radius 1 is 0.867 bits per heavy atom. The van der Waals surface area contributed by atoms with Crippen molar-refractivity contribution in [3.63, 3.8) is 0 Å². The maximum atomic E-state index is 13.1. The van der Waals surface area contributed by atoms with Gasteiger partial charge in [-0.3, -0.25) is 9.48 Å². The largest absolute Gasteiger partial charge is 0.351 e. The summed E-state index contributed by atoms with van der Waals surface area (Å²) in [6.45, 7) is 1.24. The van der Waals surface area contributed by atoms with Crippen molar-refractivity contribution in [2.75, 3.05) is 0 Å². The lowest BCUT2D eigenvalue weighted by molar-refractivity contribution is -0.120. The molecule has 0 aliphatic rings. The molecule has 0 aliphatic carbocycles. The van der Waals surface area contributed by atoms with Gasteiger partial charge in [0.2, 0.25) is 5.91 Å². The Balaban J connectivity index is 1.41. The third kappa shape index (κ3) is 5.39. The molecule has 0 fully saturated rings. The minimum absolute atomic E-state index is 0.00988. The fourth-order valence-corrected chi connectivity index (χ4v) is 4.23. The predicted octanol–water partition coefficient (Wildman–Crippen LogP) is 5.08. The van der Waals surface area contributed by atoms with Gasteiger partial charge in [-0.15, -0.1) is 11.8 Å². The van der Waals surface area contributed by atoms with Gasteiger partial charge in [0.15, 0.2) is 0 Å². The average molecular weight is 414 g/mol. The van der Waals surface area contributed by atoms with E-state index in [2.05, 4.69) is 34.7 Å². The van der Waals surface area contributed by atoms with Crippen LogP contribution in [0.15, 0.2) is 108 Å². The number of rotatable bonds is 8. The summed E-state index contributed by atoms with van der Waals surface area (Å²) < 4.78 is 1.89. The van der Waals surface area contributed by atoms with Crippen molar-refractivity contribution in [1.82, 2.24) is 15.1 Å². The number of amides is 1. The molecule has 5 heteroatoms. The van der Waals surface area contributed by atoms with E-state index in [1.807, 2.05) is 77.6 Å². The summed E-state index contributed by atoms with van der Waals surface area (Å²) in [7, 11) is 0. The lowest BCUT2D eigenvalue weighted by atomic mass is 10.1. The molecule has 0 radical (unpaired) electrons. The molecule has 4 aromatic rings. The Morgan fingerprint density at radius 3 is 2.20 bits per heavy atom. The first-order valence-corrected chi connectivity index (χ1v) is 10.8. The van der Waals surface area contributed by atoms with Crippen molar-refractivity contribution in [3.8, 4) is 0 Å². The van der Waals surface area contributed by atoms with E-state index in [0.29, 0.717) is 6.54 Å². The Hall–Kier alpha value is -3.31. The normalized spacial score (nSPS) is 11.7. The molecular formula is C25H23N3OS. The lowest BCUT2D eigenvalue weighted by Gasteiger charge is -2.17. The van der Waals surface area contributed by atoms with Gasteiger partial charge in [0.05, 0.1) is 6.54 Å². The molecule has 4 rings (SSSR count). The smallest absolute Gasteiger partial charge is 0.238 e. The molecule has 0 unspecified atom stereocenters. The molecule has 4 nitrogen and oxygen atoms in total. The van der Waals surface area contributed by atoms with Crippen molar-refractivity contribution in [2.45, 2.75) is 23.2 Å². The monoisotopic (exact) mass is 413 g/mol. The van der Waals surface area contributed by atoms with E-state index < -0.39 is 0 Å². The van der Waals surface area contributed by atoms with Crippen LogP contribution in [0.25, 0.3) is 0 Å². The molecule has 1 atom stereocenters. The Labute approximate surface area is 181 Å². The van der Waals surface area contributed by atoms with Crippen molar-refractivity contribution < 1.29 is 4.79 Å². The van der Waals surface area contributed by atoms with Gasteiger partial charge in [-0.05, 0) is 34.9 Å². The van der Waals surface area contributed by atoms with Crippen LogP contribution in [0.4, 0.5) is 0 Å². The quantitative estimate of drug-likeness (QED) is 0.410. The fraction of sp³-hybridized carbons (Fsp3) is 0.120. The number of hydrogen-bond donors (Lipinski definition) is 1. The van der Waals surface area contributed by atoms with Crippen LogP contribution < -0.4 is 5.32 Å². The second-order valence-corrected chi connectivity index (χ2v) is 8.14. The minimum Gasteiger partial charge on any atom is -0.351 e. The van der Waals surface area contributed by atoms with Gasteiger partial charge in [-0.25, -0.2) is 0 Å². The molecule has 1 aromatic heterocycles. The molecule has 0 bridgehead atoms. The van der Waals surface area contributed by atoms with E-state index >= 15 is 0 Å². The van der Waals surface area contributed by atoms with E-state index in [9.17, 15) is 4.79 Å². The summed E-state index contributed by atoms with van der Waals surface area (Å²) in [5.41, 5.74) is 3.25. The molecular weight excluding hydrogens is 390 g/mol. The van der Waals surface area contributed by atoms with Gasteiger partial charge in [0.25, 0.3) is 0 Å². The Morgan fingerprint density at radius 2 is 1.53 bits per heavy atom. The van der Waals surface area contributed by atoms with Crippen LogP contribution in [0.3, 0.4) is 0 Å². The summed E-state index contributed by atoms with van der Waals surface area (Å²) in [4.78, 5) is 14.1. The first kappa shape index (κ1) is 20.0. The van der Waals surface area contributed by atoms with Crippen molar-refractivity contribution in [2.24, 2.45) is 0 Å². The van der Waals surface area contributed by atoms with Gasteiger partial charge in [-0.2, -0.15) is 5.10 Å². The molecule has 0 saturated carbocycles. The molecule has 1 N–H and O–H groups in total. The highest BCUT2D eigenvalue weighted by Crippen LogP contribution is 2.35. The van der Waals surface area contributed by atoms with Crippen LogP contribution in [-0.2, 0) is 17.9 Å². The Bertz CT molecular complexity index is 1050. The number of carbonyl (C=O) groups is 1. The summed E-state index contributed by atoms with van der Waals surface area (Å²) in [6, 6.07) is 30.1. The highest BCUT2D eigenvalue weighted by atomic mass is 32.2. The maximum absolute atomic E-state index is 13.1. The number of carbonyl (C=O) groups excluding carboxylic acids is 1. The van der Waals surface area contributed by atoms with E-state index in [4.69, 9.17) is 0 Å². The Kier molecular flexibility index (Phi) is 6.62. The molecule has 1 amide bonds. The van der Waals surface area contributed by atoms with Gasteiger partial charge in [0, 0.05) is 23.8 Å². The van der Waals surface area contributed by atoms with Gasteiger partial charge in [-0.1, -0.05) is 72.8 Å². The van der Waals surface area contributed by atoms with Crippen LogP contribution in [0.2, 0.25) is 0 Å². The molecule has 0 aliphatic heterocycles. The molecule has 1 heterocycles. The first-order chi connectivity index (χ1) is 14.8. The standard InChI is InChI=1S/C25H23N3OS/c29-25(24(22-8-3-1-4-9-22)30-23-10-5-2-6-11-23)26-18-20-12-14-21(15-13-20)19-28-17-7-16-27-28/h1-17,24H,18-19H2,(H,26,29)/t24-/m0/s1. The van der Waals surface area contributed by atoms with Crippen LogP contribution >= 0.6 is 11.8 Å². The average Bonchev–Trinajstić information content (AvgIpc) is 3.31. The molecule has 30 heavy (non-hydrogen) atoms. The summed E-state index contributed by atoms with van der Waals surface area (Å²) >= 11 is 1.57. The molecule has 3 aromatic carbocycles. The summed E-state index contributed by atoms with van der Waals surface area (Å²) in [5, 5.41) is 7.04. The molecule has 150 valence electrons. The SMILES string of the molecule is O=C(NCc1ccc(Cn2cccn2)cc1)[C@@H](Sc1ccccc1)c1ccccc1. The third-order valence-electron chi connectivity index (χ3n) is 4.73. The van der Waals surface area contributed by atoms with Gasteiger partial charge >= 0.3 is 0 Å². The number of aromatic nitrogens is 2. The van der Waals surface area contributed by atoms with Gasteiger partial charge in [0.1, 0.15) is 5.25 Å². The first-order valence-electron chi connectivity index (χ1n) is 9.87. The number of benzene rings is 3. The van der Waals surface area contributed by atoms with E-state index in [-0.39, 0.29) is 11.2 Å². The fourth-order valence-electron chi connectivity index (χ4n) is 3.16. The number of nitrogens with one attached hydrogen (secondary N) is 1. The maximum Gasteiger partial charge on any atom is 0.238 e. The number of thioether (sulfide) groups is 1. The van der Waals surface area contributed by atoms with Crippen molar-refractivity contribution in [1.29, 1.82) is 0 Å². The zero-order valence-corrected chi connectivity index (χ0v) is 17.3. The van der Waals surface area contributed by atoms with E-state index in [1.165, 1.54) is 5.56 Å². The topological polar surface area (TPSA) is 46.9 Å². The second-order valence-electron chi connectivity index (χ2n) is 6.96. The highest BCUT2D eigenvalue weighted by Gasteiger charge is 2.21. The van der Waals surface area contributed by atoms with Crippen molar-refractivity contribution >= 4 is 17.7 Å². The highest BCUT2D eigenvalue weighted by molar-refractivity contribution is 8.00. The zero-order chi connectivity index (χ0) is 20.6. The number of hydrogen-bond acceptors (Lipinski definition) is 3. The molecule has 0 spiro atoms. The third-order valence-corrected chi connectivity index (χ3v) is 6.00. The minimum atomic E-state index is -0.298. The van der Waals surface area contributed by atoms with Gasteiger partial charge < -0.3 is 5.32 Å². The van der Waals surface area contributed by atoms with E-state index in [1.54, 1.807) is 18.0 Å². The van der Waals surface area contributed by atoms with Crippen molar-refractivity contribution in [3.05, 3.63) is 120 Å². The van der Waals surface area contributed by atoms with Crippen LogP contribution in [-0.4, -0.2) is 15.7 Å².